The second-order valence-corrected chi connectivity index (χ2v) is 2.84. The van der Waals surface area contributed by atoms with Crippen LogP contribution in [0, 0.1) is 11.8 Å². The van der Waals surface area contributed by atoms with Gasteiger partial charge in [-0.2, -0.15) is 0 Å². The summed E-state index contributed by atoms with van der Waals surface area (Å²) in [5.74, 6) is 2.72. The van der Waals surface area contributed by atoms with Crippen molar-refractivity contribution in [3.05, 3.63) is 5.92 Å². The lowest BCUT2D eigenvalue weighted by molar-refractivity contribution is 0.560. The standard InChI is InChI=1S/C8H15/c1-3-8-6-4-5-7(8)2/h8H,3-6H2,1-2H3. The average Bonchev–Trinajstić information content (AvgIpc) is 2.14. The summed E-state index contributed by atoms with van der Waals surface area (Å²) in [6.07, 6.45) is 5.68. The van der Waals surface area contributed by atoms with Gasteiger partial charge in [0.1, 0.15) is 0 Å². The van der Waals surface area contributed by atoms with Gasteiger partial charge in [-0.15, -0.1) is 0 Å². The van der Waals surface area contributed by atoms with Gasteiger partial charge >= 0.3 is 0 Å². The molecule has 1 saturated carbocycles. The van der Waals surface area contributed by atoms with Crippen LogP contribution in [0.1, 0.15) is 39.5 Å². The molecule has 0 amide bonds. The molecule has 0 nitrogen and oxygen atoms in total. The predicted octanol–water partition coefficient (Wildman–Crippen LogP) is 2.79. The Labute approximate surface area is 52.3 Å². The largest absolute Gasteiger partial charge is 0.0651 e. The van der Waals surface area contributed by atoms with E-state index in [1.807, 2.05) is 0 Å². The minimum Gasteiger partial charge on any atom is -0.0651 e. The Morgan fingerprint density at radius 2 is 2.38 bits per heavy atom. The van der Waals surface area contributed by atoms with Gasteiger partial charge in [-0.3, -0.25) is 0 Å². The van der Waals surface area contributed by atoms with E-state index in [2.05, 4.69) is 13.8 Å². The molecule has 0 bridgehead atoms. The van der Waals surface area contributed by atoms with Crippen LogP contribution in [-0.4, -0.2) is 0 Å². The van der Waals surface area contributed by atoms with Gasteiger partial charge in [0, 0.05) is 0 Å². The van der Waals surface area contributed by atoms with Crippen molar-refractivity contribution in [2.24, 2.45) is 5.92 Å². The molecule has 0 aromatic rings. The van der Waals surface area contributed by atoms with E-state index in [0.29, 0.717) is 0 Å². The molecule has 1 aliphatic carbocycles. The van der Waals surface area contributed by atoms with Crippen LogP contribution in [0.2, 0.25) is 0 Å². The molecule has 0 aromatic carbocycles. The highest BCUT2D eigenvalue weighted by Gasteiger charge is 2.21. The Hall–Kier alpha value is 0. The molecule has 1 fully saturated rings. The van der Waals surface area contributed by atoms with Gasteiger partial charge in [-0.05, 0) is 24.7 Å². The van der Waals surface area contributed by atoms with Crippen molar-refractivity contribution in [2.75, 3.05) is 0 Å². The van der Waals surface area contributed by atoms with E-state index in [1.165, 1.54) is 25.7 Å². The summed E-state index contributed by atoms with van der Waals surface area (Å²) in [7, 11) is 0. The molecule has 1 atom stereocenters. The molecule has 0 heterocycles. The lowest BCUT2D eigenvalue weighted by atomic mass is 9.96. The molecule has 1 radical (unpaired) electrons. The second-order valence-electron chi connectivity index (χ2n) is 2.84. The Morgan fingerprint density at radius 1 is 1.62 bits per heavy atom. The minimum atomic E-state index is 0.981. The van der Waals surface area contributed by atoms with E-state index in [1.54, 1.807) is 5.92 Å². The van der Waals surface area contributed by atoms with Crippen LogP contribution < -0.4 is 0 Å². The summed E-state index contributed by atoms with van der Waals surface area (Å²) in [6.45, 7) is 4.60. The summed E-state index contributed by atoms with van der Waals surface area (Å²) < 4.78 is 0. The summed E-state index contributed by atoms with van der Waals surface area (Å²) >= 11 is 0. The SMILES string of the molecule is CCC1CCC[C]1C. The van der Waals surface area contributed by atoms with Crippen LogP contribution in [0.5, 0.6) is 0 Å². The van der Waals surface area contributed by atoms with E-state index in [-0.39, 0.29) is 0 Å². The van der Waals surface area contributed by atoms with Crippen molar-refractivity contribution in [1.82, 2.24) is 0 Å². The van der Waals surface area contributed by atoms with Crippen molar-refractivity contribution < 1.29 is 0 Å². The van der Waals surface area contributed by atoms with Crippen LogP contribution in [0.25, 0.3) is 0 Å². The van der Waals surface area contributed by atoms with Crippen molar-refractivity contribution >= 4 is 0 Å². The molecule has 0 N–H and O–H groups in total. The van der Waals surface area contributed by atoms with Crippen LogP contribution in [0.4, 0.5) is 0 Å². The van der Waals surface area contributed by atoms with Crippen LogP contribution in [0.3, 0.4) is 0 Å². The molecular weight excluding hydrogens is 96.1 g/mol. The van der Waals surface area contributed by atoms with Gasteiger partial charge in [0.25, 0.3) is 0 Å². The van der Waals surface area contributed by atoms with Gasteiger partial charge in [-0.1, -0.05) is 26.7 Å². The molecular formula is C8H15. The lowest BCUT2D eigenvalue weighted by Gasteiger charge is -2.09. The summed E-state index contributed by atoms with van der Waals surface area (Å²) in [5, 5.41) is 0. The molecule has 0 spiro atoms. The first-order valence-electron chi connectivity index (χ1n) is 3.67. The zero-order valence-corrected chi connectivity index (χ0v) is 5.91. The number of hydrogen-bond donors (Lipinski definition) is 0. The summed E-state index contributed by atoms with van der Waals surface area (Å²) in [4.78, 5) is 0. The average molecular weight is 111 g/mol. The van der Waals surface area contributed by atoms with Crippen molar-refractivity contribution in [3.63, 3.8) is 0 Å². The fourth-order valence-corrected chi connectivity index (χ4v) is 1.63. The van der Waals surface area contributed by atoms with Gasteiger partial charge in [0.05, 0.1) is 0 Å². The molecule has 0 saturated heterocycles. The van der Waals surface area contributed by atoms with Gasteiger partial charge in [0.2, 0.25) is 0 Å². The third kappa shape index (κ3) is 1.04. The van der Waals surface area contributed by atoms with Gasteiger partial charge in [-0.25, -0.2) is 0 Å². The van der Waals surface area contributed by atoms with E-state index in [9.17, 15) is 0 Å². The zero-order valence-electron chi connectivity index (χ0n) is 5.91. The molecule has 0 heteroatoms. The summed E-state index contributed by atoms with van der Waals surface area (Å²) in [6, 6.07) is 0. The third-order valence-electron chi connectivity index (χ3n) is 2.31. The highest BCUT2D eigenvalue weighted by Crippen LogP contribution is 2.34. The predicted molar refractivity (Wildman–Crippen MR) is 36.5 cm³/mol. The fourth-order valence-electron chi connectivity index (χ4n) is 1.63. The fraction of sp³-hybridized carbons (Fsp3) is 0.875. The summed E-state index contributed by atoms with van der Waals surface area (Å²) in [5.41, 5.74) is 0. The maximum Gasteiger partial charge on any atom is -0.0241 e. The Balaban J connectivity index is 2.30. The molecule has 1 rings (SSSR count). The zero-order chi connectivity index (χ0) is 5.98. The van der Waals surface area contributed by atoms with E-state index in [4.69, 9.17) is 0 Å². The molecule has 47 valence electrons. The van der Waals surface area contributed by atoms with Gasteiger partial charge in [0.15, 0.2) is 0 Å². The van der Waals surface area contributed by atoms with Gasteiger partial charge < -0.3 is 0 Å². The number of hydrogen-bond acceptors (Lipinski definition) is 0. The first kappa shape index (κ1) is 6.12. The highest BCUT2D eigenvalue weighted by molar-refractivity contribution is 4.96. The van der Waals surface area contributed by atoms with E-state index < -0.39 is 0 Å². The molecule has 8 heavy (non-hydrogen) atoms. The van der Waals surface area contributed by atoms with Crippen LogP contribution >= 0.6 is 0 Å². The monoisotopic (exact) mass is 111 g/mol. The second kappa shape index (κ2) is 2.52. The van der Waals surface area contributed by atoms with Crippen molar-refractivity contribution in [2.45, 2.75) is 39.5 Å². The molecule has 1 unspecified atom stereocenters. The maximum absolute atomic E-state index is 2.31. The topological polar surface area (TPSA) is 0 Å². The Morgan fingerprint density at radius 3 is 2.62 bits per heavy atom. The lowest BCUT2D eigenvalue weighted by Crippen LogP contribution is -1.98. The maximum atomic E-state index is 2.31. The highest BCUT2D eigenvalue weighted by atomic mass is 14.3. The molecule has 0 aromatic heterocycles. The van der Waals surface area contributed by atoms with E-state index in [0.717, 1.165) is 5.92 Å². The molecule has 1 aliphatic rings. The first-order chi connectivity index (χ1) is 3.84. The third-order valence-corrected chi connectivity index (χ3v) is 2.31. The normalized spacial score (nSPS) is 31.5. The Kier molecular flexibility index (Phi) is 1.93. The molecule has 0 aliphatic heterocycles. The quantitative estimate of drug-likeness (QED) is 0.488. The minimum absolute atomic E-state index is 0.981. The first-order valence-corrected chi connectivity index (χ1v) is 3.67. The number of rotatable bonds is 1. The van der Waals surface area contributed by atoms with Crippen molar-refractivity contribution in [3.8, 4) is 0 Å². The van der Waals surface area contributed by atoms with Crippen molar-refractivity contribution in [1.29, 1.82) is 0 Å². The van der Waals surface area contributed by atoms with Crippen LogP contribution in [-0.2, 0) is 0 Å². The van der Waals surface area contributed by atoms with E-state index >= 15 is 0 Å². The smallest absolute Gasteiger partial charge is 0.0241 e. The van der Waals surface area contributed by atoms with Crippen LogP contribution in [0.15, 0.2) is 0 Å². The Bertz CT molecular complexity index is 66.4.